The molecule has 0 aromatic heterocycles. The van der Waals surface area contributed by atoms with Crippen molar-refractivity contribution in [2.75, 3.05) is 19.8 Å². The van der Waals surface area contributed by atoms with E-state index in [1.165, 1.54) is 0 Å². The molecule has 0 aliphatic carbocycles. The number of hydrogen-bond acceptors (Lipinski definition) is 15. The van der Waals surface area contributed by atoms with E-state index >= 15 is 0 Å². The molecule has 18 nitrogen and oxygen atoms in total. The van der Waals surface area contributed by atoms with E-state index in [1.807, 2.05) is 164 Å². The molecule has 6 atom stereocenters. The number of carboxylic acids is 3. The summed E-state index contributed by atoms with van der Waals surface area (Å²) in [4.78, 5) is 104. The maximum absolute atomic E-state index is 12.1. The molecule has 6 aromatic carbocycles. The number of amides is 3. The van der Waals surface area contributed by atoms with Crippen molar-refractivity contribution in [3.8, 4) is 33.4 Å². The van der Waals surface area contributed by atoms with E-state index in [0.717, 1.165) is 50.1 Å². The summed E-state index contributed by atoms with van der Waals surface area (Å²) in [5.41, 5.74) is 9.66. The Balaban J connectivity index is 0.000000686. The molecule has 0 fully saturated rings. The number of rotatable bonds is 33. The van der Waals surface area contributed by atoms with E-state index in [2.05, 4.69) is 16.0 Å². The van der Waals surface area contributed by atoms with Crippen molar-refractivity contribution in [1.82, 2.24) is 16.0 Å². The molecule has 0 unspecified atom stereocenters. The Kier molecular flexibility index (Phi) is 43.1. The fraction of sp³-hybridized carbons (Fsp3) is 0.375. The van der Waals surface area contributed by atoms with Crippen molar-refractivity contribution in [3.63, 3.8) is 0 Å². The number of nitrogens with one attached hydrogen (secondary N) is 3. The minimum Gasteiger partial charge on any atom is -0.550 e. The summed E-state index contributed by atoms with van der Waals surface area (Å²) in [7, 11) is 0. The van der Waals surface area contributed by atoms with Crippen LogP contribution in [0.15, 0.2) is 164 Å². The van der Waals surface area contributed by atoms with Gasteiger partial charge in [0.2, 0.25) is 17.7 Å². The quantitative estimate of drug-likeness (QED) is 0.0241. The van der Waals surface area contributed by atoms with E-state index < -0.39 is 17.9 Å². The van der Waals surface area contributed by atoms with Crippen LogP contribution in [0, 0.1) is 17.8 Å². The normalized spacial score (nSPS) is 12.2. The van der Waals surface area contributed by atoms with Crippen LogP contribution in [-0.2, 0) is 76.6 Å². The van der Waals surface area contributed by atoms with Crippen molar-refractivity contribution in [2.24, 2.45) is 17.8 Å². The van der Waals surface area contributed by atoms with Crippen LogP contribution in [0.3, 0.4) is 0 Å². The minimum absolute atomic E-state index is 0. The zero-order valence-electron chi connectivity index (χ0n) is 55.3. The third-order valence-corrected chi connectivity index (χ3v) is 14.4. The summed E-state index contributed by atoms with van der Waals surface area (Å²) in [6, 6.07) is 53.2. The molecule has 0 aliphatic heterocycles. The van der Waals surface area contributed by atoms with Crippen LogP contribution in [0.4, 0.5) is 0 Å². The first-order valence-electron chi connectivity index (χ1n) is 30.6. The van der Waals surface area contributed by atoms with Gasteiger partial charge in [-0.1, -0.05) is 185 Å². The Labute approximate surface area is 613 Å². The van der Waals surface area contributed by atoms with Crippen molar-refractivity contribution >= 4 is 53.5 Å². The second-order valence-electron chi connectivity index (χ2n) is 21.9. The van der Waals surface area contributed by atoms with Gasteiger partial charge in [-0.3, -0.25) is 28.8 Å². The Bertz CT molecular complexity index is 2860. The fourth-order valence-electron chi connectivity index (χ4n) is 9.79. The number of esters is 3. The van der Waals surface area contributed by atoms with Gasteiger partial charge in [0.05, 0.1) is 37.6 Å². The average Bonchev–Trinajstić information content (AvgIpc) is 1.01. The molecule has 3 N–H and O–H groups in total. The van der Waals surface area contributed by atoms with Gasteiger partial charge in [-0.05, 0) is 129 Å². The molecule has 0 heterocycles. The Morgan fingerprint density at radius 2 is 0.527 bits per heavy atom. The SMILES string of the molecule is CCOC(=O)[C@H](C)C[C@@H](Cc1ccc(-c2ccccc2)cc1)NC(=O)CCC(=O)[O-].CCOC(=O)[C@H](C)C[C@@H](Cc1ccc(-c2ccccc2)cc1)NC(=O)CCC(=O)[O-].CCOC(=O)[C@H](C)C[C@@H](Cc1ccc(-c2ccccc2)cc1)NC(=O)CCC(=O)[O-].[Na+].[Na+].[Na+]. The monoisotopic (exact) mass is 1300 g/mol. The number of aliphatic carboxylic acids is 3. The van der Waals surface area contributed by atoms with Crippen LogP contribution in [0.2, 0.25) is 0 Å². The first-order valence-corrected chi connectivity index (χ1v) is 30.6. The van der Waals surface area contributed by atoms with Crippen LogP contribution < -0.4 is 120 Å². The molecule has 0 spiro atoms. The van der Waals surface area contributed by atoms with E-state index in [1.54, 1.807) is 41.5 Å². The summed E-state index contributed by atoms with van der Waals surface area (Å²) < 4.78 is 15.2. The Morgan fingerprint density at radius 1 is 0.323 bits per heavy atom. The van der Waals surface area contributed by atoms with Crippen LogP contribution in [-0.4, -0.2) is 91.5 Å². The van der Waals surface area contributed by atoms with E-state index in [0.29, 0.717) is 58.3 Å². The molecule has 21 heteroatoms. The van der Waals surface area contributed by atoms with Crippen molar-refractivity contribution in [1.29, 1.82) is 0 Å². The van der Waals surface area contributed by atoms with Crippen molar-refractivity contribution in [3.05, 3.63) is 180 Å². The van der Waals surface area contributed by atoms with E-state index in [4.69, 9.17) is 14.2 Å². The molecule has 0 aliphatic rings. The second-order valence-corrected chi connectivity index (χ2v) is 21.9. The maximum Gasteiger partial charge on any atom is 1.00 e. The minimum atomic E-state index is -1.27. The predicted octanol–water partition coefficient (Wildman–Crippen LogP) is -1.49. The van der Waals surface area contributed by atoms with E-state index in [9.17, 15) is 58.5 Å². The maximum atomic E-state index is 12.1. The van der Waals surface area contributed by atoms with Gasteiger partial charge in [0.1, 0.15) is 0 Å². The third kappa shape index (κ3) is 34.5. The number of carbonyl (C=O) groups excluding carboxylic acids is 9. The first-order chi connectivity index (χ1) is 43.2. The van der Waals surface area contributed by atoms with Crippen molar-refractivity contribution in [2.45, 2.75) is 137 Å². The van der Waals surface area contributed by atoms with Crippen molar-refractivity contribution < 1.29 is 161 Å². The second kappa shape index (κ2) is 47.4. The Morgan fingerprint density at radius 3 is 0.720 bits per heavy atom. The third-order valence-electron chi connectivity index (χ3n) is 14.4. The van der Waals surface area contributed by atoms with Crippen LogP contribution in [0.5, 0.6) is 0 Å². The molecule has 480 valence electrons. The molecule has 6 rings (SSSR count). The smallest absolute Gasteiger partial charge is 0.550 e. The number of ether oxygens (including phenoxy) is 3. The Hall–Kier alpha value is -6.45. The summed E-state index contributed by atoms with van der Waals surface area (Å²) in [5, 5.41) is 40.4. The standard InChI is InChI=1S/3C24H29NO5.3Na/c3*1-3-30-24(29)17(2)15-21(25-22(26)13-14-23(27)28)16-18-9-11-20(12-10-18)19-7-5-4-6-8-19;;;/h3*4-12,17,21H,3,13-16H2,1-2H3,(H,25,26)(H,27,28);;;/q;;;3*+1/p-3/t3*17-,21+;;;/m111.../s1. The van der Waals surface area contributed by atoms with Gasteiger partial charge >= 0.3 is 107 Å². The number of carbonyl (C=O) groups is 9. The number of hydrogen-bond donors (Lipinski definition) is 3. The average molecular weight is 1300 g/mol. The van der Waals surface area contributed by atoms with Gasteiger partial charge < -0.3 is 59.9 Å². The van der Waals surface area contributed by atoms with Gasteiger partial charge in [-0.25, -0.2) is 0 Å². The number of carboxylic acid groups (broad SMARTS) is 3. The molecule has 0 saturated heterocycles. The van der Waals surface area contributed by atoms with Gasteiger partial charge in [-0.15, -0.1) is 0 Å². The summed E-state index contributed by atoms with van der Waals surface area (Å²) in [5.74, 6) is -7.03. The molecule has 93 heavy (non-hydrogen) atoms. The first kappa shape index (κ1) is 84.6. The topological polar surface area (TPSA) is 287 Å². The molecule has 3 amide bonds. The van der Waals surface area contributed by atoms with Crippen LogP contribution in [0.1, 0.15) is 116 Å². The molecule has 0 bridgehead atoms. The van der Waals surface area contributed by atoms with Gasteiger partial charge in [-0.2, -0.15) is 0 Å². The predicted molar refractivity (Wildman–Crippen MR) is 337 cm³/mol. The fourth-order valence-corrected chi connectivity index (χ4v) is 9.79. The largest absolute Gasteiger partial charge is 1.00 e. The summed E-state index contributed by atoms with van der Waals surface area (Å²) in [6.45, 7) is 11.4. The molecule has 0 radical (unpaired) electrons. The van der Waals surface area contributed by atoms with Gasteiger partial charge in [0.15, 0.2) is 0 Å². The van der Waals surface area contributed by atoms with Gasteiger partial charge in [0, 0.05) is 55.3 Å². The molecular weight excluding hydrogens is 1220 g/mol. The molecular formula is C72H84N3Na3O15. The molecule has 0 saturated carbocycles. The van der Waals surface area contributed by atoms with E-state index in [-0.39, 0.29) is 199 Å². The summed E-state index contributed by atoms with van der Waals surface area (Å²) >= 11 is 0. The number of benzene rings is 6. The van der Waals surface area contributed by atoms with Crippen LogP contribution >= 0.6 is 0 Å². The molecule has 6 aromatic rings. The van der Waals surface area contributed by atoms with Crippen LogP contribution in [0.25, 0.3) is 33.4 Å². The zero-order chi connectivity index (χ0) is 65.8. The zero-order valence-corrected chi connectivity index (χ0v) is 61.3. The van der Waals surface area contributed by atoms with Gasteiger partial charge in [0.25, 0.3) is 0 Å². The summed E-state index contributed by atoms with van der Waals surface area (Å²) in [6.07, 6.45) is 1.30.